The average molecular weight is 380 g/mol. The standard InChI is InChI=1S/C17H12ClF2N3OS/c18-13-6-7-15(24-16(19)20)12(8-13)9-21-23-17-22-14(10-25-17)11-4-2-1-3-5-11/h1-10,16H,(H,22,23). The normalized spacial score (nSPS) is 11.2. The summed E-state index contributed by atoms with van der Waals surface area (Å²) in [4.78, 5) is 4.42. The molecule has 0 radical (unpaired) electrons. The van der Waals surface area contributed by atoms with E-state index in [0.29, 0.717) is 15.7 Å². The second-order valence-corrected chi connectivity index (χ2v) is 6.13. The Bertz CT molecular complexity index is 871. The number of benzene rings is 2. The van der Waals surface area contributed by atoms with Crippen LogP contribution < -0.4 is 10.2 Å². The molecule has 0 aliphatic carbocycles. The van der Waals surface area contributed by atoms with Gasteiger partial charge in [0.1, 0.15) is 5.75 Å². The van der Waals surface area contributed by atoms with E-state index >= 15 is 0 Å². The van der Waals surface area contributed by atoms with E-state index in [4.69, 9.17) is 11.6 Å². The van der Waals surface area contributed by atoms with E-state index in [1.807, 2.05) is 35.7 Å². The van der Waals surface area contributed by atoms with Gasteiger partial charge in [0.05, 0.1) is 11.9 Å². The predicted octanol–water partition coefficient (Wildman–Crippen LogP) is 5.51. The number of nitrogens with zero attached hydrogens (tertiary/aromatic N) is 2. The Kier molecular flexibility index (Phi) is 5.57. The van der Waals surface area contributed by atoms with Crippen LogP contribution in [0.1, 0.15) is 5.56 Å². The molecular weight excluding hydrogens is 368 g/mol. The van der Waals surface area contributed by atoms with Crippen LogP contribution in [0.25, 0.3) is 11.3 Å². The van der Waals surface area contributed by atoms with Crippen LogP contribution in [-0.2, 0) is 0 Å². The lowest BCUT2D eigenvalue weighted by Crippen LogP contribution is -2.04. The van der Waals surface area contributed by atoms with Gasteiger partial charge in [-0.2, -0.15) is 13.9 Å². The molecule has 8 heteroatoms. The molecular formula is C17H12ClF2N3OS. The predicted molar refractivity (Wildman–Crippen MR) is 96.9 cm³/mol. The summed E-state index contributed by atoms with van der Waals surface area (Å²) < 4.78 is 29.3. The van der Waals surface area contributed by atoms with Crippen LogP contribution >= 0.6 is 22.9 Å². The number of thiazole rings is 1. The minimum atomic E-state index is -2.92. The van der Waals surface area contributed by atoms with Crippen LogP contribution in [0, 0.1) is 0 Å². The van der Waals surface area contributed by atoms with Crippen molar-refractivity contribution in [1.82, 2.24) is 4.98 Å². The molecule has 25 heavy (non-hydrogen) atoms. The van der Waals surface area contributed by atoms with Gasteiger partial charge in [-0.1, -0.05) is 41.9 Å². The first kappa shape index (κ1) is 17.3. The largest absolute Gasteiger partial charge is 0.434 e. The highest BCUT2D eigenvalue weighted by atomic mass is 35.5. The van der Waals surface area contributed by atoms with E-state index in [1.165, 1.54) is 35.8 Å². The number of hydrazone groups is 1. The number of hydrogen-bond acceptors (Lipinski definition) is 5. The SMILES string of the molecule is FC(F)Oc1ccc(Cl)cc1C=NNc1nc(-c2ccccc2)cs1. The zero-order valence-electron chi connectivity index (χ0n) is 12.7. The van der Waals surface area contributed by atoms with Crippen LogP contribution in [0.15, 0.2) is 59.0 Å². The molecule has 3 aromatic rings. The lowest BCUT2D eigenvalue weighted by molar-refractivity contribution is -0.0499. The molecule has 1 N–H and O–H groups in total. The van der Waals surface area contributed by atoms with Crippen molar-refractivity contribution in [2.45, 2.75) is 6.61 Å². The maximum absolute atomic E-state index is 12.4. The number of alkyl halides is 2. The molecule has 2 aromatic carbocycles. The Morgan fingerprint density at radius 2 is 2.00 bits per heavy atom. The van der Waals surface area contributed by atoms with Gasteiger partial charge in [-0.15, -0.1) is 11.3 Å². The fraction of sp³-hybridized carbons (Fsp3) is 0.0588. The average Bonchev–Trinajstić information content (AvgIpc) is 3.07. The molecule has 128 valence electrons. The summed E-state index contributed by atoms with van der Waals surface area (Å²) in [6, 6.07) is 14.0. The van der Waals surface area contributed by atoms with Crippen molar-refractivity contribution in [2.75, 3.05) is 5.43 Å². The lowest BCUT2D eigenvalue weighted by Gasteiger charge is -2.07. The zero-order chi connectivity index (χ0) is 17.6. The summed E-state index contributed by atoms with van der Waals surface area (Å²) in [6.07, 6.45) is 1.35. The van der Waals surface area contributed by atoms with Gasteiger partial charge in [0.15, 0.2) is 0 Å². The summed E-state index contributed by atoms with van der Waals surface area (Å²) in [7, 11) is 0. The molecule has 0 aliphatic heterocycles. The maximum Gasteiger partial charge on any atom is 0.387 e. The molecule has 0 amide bonds. The Hall–Kier alpha value is -2.51. The molecule has 0 saturated heterocycles. The minimum absolute atomic E-state index is 0.00550. The first-order valence-electron chi connectivity index (χ1n) is 7.16. The smallest absolute Gasteiger partial charge is 0.387 e. The third kappa shape index (κ3) is 4.74. The van der Waals surface area contributed by atoms with Crippen LogP contribution in [0.4, 0.5) is 13.9 Å². The van der Waals surface area contributed by atoms with Gasteiger partial charge in [-0.05, 0) is 18.2 Å². The summed E-state index contributed by atoms with van der Waals surface area (Å²) in [5.41, 5.74) is 4.93. The number of rotatable bonds is 6. The quantitative estimate of drug-likeness (QED) is 0.453. The molecule has 1 aromatic heterocycles. The fourth-order valence-corrected chi connectivity index (χ4v) is 2.90. The number of nitrogens with one attached hydrogen (secondary N) is 1. The van der Waals surface area contributed by atoms with Crippen molar-refractivity contribution in [1.29, 1.82) is 0 Å². The molecule has 0 atom stereocenters. The second kappa shape index (κ2) is 8.04. The Morgan fingerprint density at radius 3 is 2.76 bits per heavy atom. The monoisotopic (exact) mass is 379 g/mol. The van der Waals surface area contributed by atoms with E-state index < -0.39 is 6.61 Å². The van der Waals surface area contributed by atoms with Gasteiger partial charge in [0.25, 0.3) is 0 Å². The molecule has 0 saturated carbocycles. The Labute approximate surface area is 151 Å². The van der Waals surface area contributed by atoms with Crippen molar-refractivity contribution in [3.8, 4) is 17.0 Å². The first-order valence-corrected chi connectivity index (χ1v) is 8.42. The van der Waals surface area contributed by atoms with Gasteiger partial charge in [0.2, 0.25) is 5.13 Å². The van der Waals surface area contributed by atoms with Gasteiger partial charge in [-0.3, -0.25) is 5.43 Å². The minimum Gasteiger partial charge on any atom is -0.434 e. The van der Waals surface area contributed by atoms with Gasteiger partial charge < -0.3 is 4.74 Å². The second-order valence-electron chi connectivity index (χ2n) is 4.83. The molecule has 0 spiro atoms. The van der Waals surface area contributed by atoms with Crippen molar-refractivity contribution in [2.24, 2.45) is 5.10 Å². The van der Waals surface area contributed by atoms with Gasteiger partial charge in [-0.25, -0.2) is 4.98 Å². The Morgan fingerprint density at radius 1 is 1.20 bits per heavy atom. The Balaban J connectivity index is 1.72. The molecule has 4 nitrogen and oxygen atoms in total. The van der Waals surface area contributed by atoms with Crippen molar-refractivity contribution < 1.29 is 13.5 Å². The number of aromatic nitrogens is 1. The zero-order valence-corrected chi connectivity index (χ0v) is 14.3. The lowest BCUT2D eigenvalue weighted by atomic mass is 10.2. The summed E-state index contributed by atoms with van der Waals surface area (Å²) in [6.45, 7) is -2.92. The summed E-state index contributed by atoms with van der Waals surface area (Å²) in [5.74, 6) is -0.00550. The number of ether oxygens (including phenoxy) is 1. The summed E-state index contributed by atoms with van der Waals surface area (Å²) >= 11 is 7.27. The van der Waals surface area contributed by atoms with Crippen LogP contribution in [0.3, 0.4) is 0 Å². The highest BCUT2D eigenvalue weighted by molar-refractivity contribution is 7.14. The molecule has 0 bridgehead atoms. The third-order valence-corrected chi connectivity index (χ3v) is 4.11. The topological polar surface area (TPSA) is 46.5 Å². The molecule has 0 fully saturated rings. The fourth-order valence-electron chi connectivity index (χ4n) is 2.05. The molecule has 3 rings (SSSR count). The number of hydrogen-bond donors (Lipinski definition) is 1. The van der Waals surface area contributed by atoms with E-state index in [-0.39, 0.29) is 5.75 Å². The maximum atomic E-state index is 12.4. The summed E-state index contributed by atoms with van der Waals surface area (Å²) in [5, 5.41) is 6.89. The number of halogens is 3. The highest BCUT2D eigenvalue weighted by Gasteiger charge is 2.09. The van der Waals surface area contributed by atoms with E-state index in [9.17, 15) is 8.78 Å². The molecule has 1 heterocycles. The van der Waals surface area contributed by atoms with Crippen molar-refractivity contribution in [3.63, 3.8) is 0 Å². The van der Waals surface area contributed by atoms with Crippen LogP contribution in [0.2, 0.25) is 5.02 Å². The van der Waals surface area contributed by atoms with Crippen molar-refractivity contribution in [3.05, 3.63) is 64.5 Å². The van der Waals surface area contributed by atoms with Crippen LogP contribution in [-0.4, -0.2) is 17.8 Å². The van der Waals surface area contributed by atoms with E-state index in [2.05, 4.69) is 20.2 Å². The van der Waals surface area contributed by atoms with Gasteiger partial charge >= 0.3 is 6.61 Å². The molecule has 0 unspecified atom stereocenters. The highest BCUT2D eigenvalue weighted by Crippen LogP contribution is 2.25. The van der Waals surface area contributed by atoms with Crippen molar-refractivity contribution >= 4 is 34.3 Å². The third-order valence-electron chi connectivity index (χ3n) is 3.13. The number of anilines is 1. The van der Waals surface area contributed by atoms with Crippen LogP contribution in [0.5, 0.6) is 5.75 Å². The van der Waals surface area contributed by atoms with E-state index in [1.54, 1.807) is 0 Å². The molecule has 0 aliphatic rings. The van der Waals surface area contributed by atoms with E-state index in [0.717, 1.165) is 11.3 Å². The first-order chi connectivity index (χ1) is 12.1. The van der Waals surface area contributed by atoms with Gasteiger partial charge in [0, 0.05) is 21.5 Å².